The summed E-state index contributed by atoms with van der Waals surface area (Å²) in [5.41, 5.74) is 1.11. The lowest BCUT2D eigenvalue weighted by Crippen LogP contribution is -2.44. The minimum Gasteiger partial charge on any atom is -0.354 e. The molecule has 6 nitrogen and oxygen atoms in total. The van der Waals surface area contributed by atoms with Crippen LogP contribution in [-0.4, -0.2) is 61.6 Å². The van der Waals surface area contributed by atoms with Gasteiger partial charge in [-0.15, -0.1) is 37.2 Å². The molecule has 0 aromatic carbocycles. The van der Waals surface area contributed by atoms with Gasteiger partial charge in [0.15, 0.2) is 0 Å². The van der Waals surface area contributed by atoms with Gasteiger partial charge >= 0.3 is 0 Å². The summed E-state index contributed by atoms with van der Waals surface area (Å²) in [7, 11) is 2.15. The third-order valence-electron chi connectivity index (χ3n) is 4.48. The normalized spacial score (nSPS) is 20.0. The minimum atomic E-state index is -0.0149. The Morgan fingerprint density at radius 1 is 1.28 bits per heavy atom. The molecule has 1 unspecified atom stereocenters. The van der Waals surface area contributed by atoms with Crippen molar-refractivity contribution in [1.29, 1.82) is 0 Å². The van der Waals surface area contributed by atoms with Gasteiger partial charge in [0.1, 0.15) is 5.82 Å². The smallest absolute Gasteiger partial charge is 0.237 e. The highest BCUT2D eigenvalue weighted by atomic mass is 35.5. The second-order valence-corrected chi connectivity index (χ2v) is 6.18. The summed E-state index contributed by atoms with van der Waals surface area (Å²) in [6.07, 6.45) is 3.86. The van der Waals surface area contributed by atoms with Crippen LogP contribution in [-0.2, 0) is 11.3 Å². The number of hydrogen-bond donors (Lipinski definition) is 2. The molecule has 9 heteroatoms. The largest absolute Gasteiger partial charge is 0.354 e. The average molecular weight is 413 g/mol. The molecule has 1 amide bonds. The van der Waals surface area contributed by atoms with E-state index in [0.717, 1.165) is 56.9 Å². The van der Waals surface area contributed by atoms with Crippen LogP contribution in [0.15, 0.2) is 18.3 Å². The van der Waals surface area contributed by atoms with Crippen molar-refractivity contribution in [3.8, 4) is 0 Å². The zero-order valence-corrected chi connectivity index (χ0v) is 16.9. The van der Waals surface area contributed by atoms with Gasteiger partial charge in [0.2, 0.25) is 5.91 Å². The molecule has 2 N–H and O–H groups in total. The molecule has 2 aliphatic rings. The molecule has 2 fully saturated rings. The SMILES string of the molecule is CN1CCN(c2cc(CNC(=O)C3CCCN3)ccn2)CC1.Cl.Cl.Cl. The topological polar surface area (TPSA) is 60.5 Å². The molecule has 0 spiro atoms. The van der Waals surface area contributed by atoms with Gasteiger partial charge in [-0.05, 0) is 44.1 Å². The van der Waals surface area contributed by atoms with Crippen LogP contribution in [0.4, 0.5) is 5.82 Å². The second-order valence-electron chi connectivity index (χ2n) is 6.18. The fraction of sp³-hybridized carbons (Fsp3) is 0.625. The molecule has 2 saturated heterocycles. The first kappa shape index (κ1) is 24.2. The van der Waals surface area contributed by atoms with E-state index in [9.17, 15) is 4.79 Å². The van der Waals surface area contributed by atoms with Gasteiger partial charge in [-0.25, -0.2) is 4.98 Å². The number of likely N-dealkylation sites (N-methyl/N-ethyl adjacent to an activating group) is 1. The standard InChI is InChI=1S/C16H25N5O.3ClH/c1-20-7-9-21(10-8-20)15-11-13(4-6-18-15)12-19-16(22)14-3-2-5-17-14;;;/h4,6,11,14,17H,2-3,5,7-10,12H2,1H3,(H,19,22);3*1H. The molecule has 1 aromatic heterocycles. The van der Waals surface area contributed by atoms with Crippen LogP contribution < -0.4 is 15.5 Å². The van der Waals surface area contributed by atoms with Crippen molar-refractivity contribution in [3.63, 3.8) is 0 Å². The number of piperazine rings is 1. The number of rotatable bonds is 4. The summed E-state index contributed by atoms with van der Waals surface area (Å²) in [5.74, 6) is 1.12. The maximum Gasteiger partial charge on any atom is 0.237 e. The molecular formula is C16H28Cl3N5O. The molecule has 0 bridgehead atoms. The Bertz CT molecular complexity index is 520. The van der Waals surface area contributed by atoms with Crippen LogP contribution in [0.3, 0.4) is 0 Å². The number of amides is 1. The molecule has 1 aromatic rings. The number of carbonyl (C=O) groups is 1. The maximum atomic E-state index is 12.0. The Hall–Kier alpha value is -0.790. The number of anilines is 1. The predicted molar refractivity (Wildman–Crippen MR) is 109 cm³/mol. The molecule has 0 saturated carbocycles. The van der Waals surface area contributed by atoms with E-state index in [2.05, 4.69) is 38.5 Å². The maximum absolute atomic E-state index is 12.0. The molecule has 3 rings (SSSR count). The quantitative estimate of drug-likeness (QED) is 0.784. The van der Waals surface area contributed by atoms with Crippen molar-refractivity contribution < 1.29 is 4.79 Å². The fourth-order valence-corrected chi connectivity index (χ4v) is 3.00. The van der Waals surface area contributed by atoms with E-state index in [1.54, 1.807) is 0 Å². The molecule has 2 aliphatic heterocycles. The summed E-state index contributed by atoms with van der Waals surface area (Å²) in [6.45, 7) is 5.66. The van der Waals surface area contributed by atoms with E-state index in [1.807, 2.05) is 12.3 Å². The lowest BCUT2D eigenvalue weighted by Gasteiger charge is -2.33. The highest BCUT2D eigenvalue weighted by Gasteiger charge is 2.21. The molecule has 1 atom stereocenters. The number of halogens is 3. The van der Waals surface area contributed by atoms with Gasteiger partial charge in [0, 0.05) is 38.9 Å². The molecule has 25 heavy (non-hydrogen) atoms. The molecule has 0 radical (unpaired) electrons. The number of nitrogens with one attached hydrogen (secondary N) is 2. The second kappa shape index (κ2) is 11.8. The van der Waals surface area contributed by atoms with Gasteiger partial charge in [-0.3, -0.25) is 4.79 Å². The zero-order valence-electron chi connectivity index (χ0n) is 14.4. The zero-order chi connectivity index (χ0) is 15.4. The number of hydrogen-bond acceptors (Lipinski definition) is 5. The van der Waals surface area contributed by atoms with Crippen molar-refractivity contribution in [2.24, 2.45) is 0 Å². The monoisotopic (exact) mass is 411 g/mol. The van der Waals surface area contributed by atoms with E-state index in [4.69, 9.17) is 0 Å². The van der Waals surface area contributed by atoms with Crippen molar-refractivity contribution >= 4 is 48.9 Å². The summed E-state index contributed by atoms with van der Waals surface area (Å²) in [5, 5.41) is 6.24. The summed E-state index contributed by atoms with van der Waals surface area (Å²) < 4.78 is 0. The Morgan fingerprint density at radius 3 is 2.64 bits per heavy atom. The van der Waals surface area contributed by atoms with Crippen molar-refractivity contribution in [1.82, 2.24) is 20.5 Å². The first-order chi connectivity index (χ1) is 10.7. The lowest BCUT2D eigenvalue weighted by molar-refractivity contribution is -0.122. The highest BCUT2D eigenvalue weighted by molar-refractivity contribution is 5.86. The van der Waals surface area contributed by atoms with Crippen LogP contribution in [0, 0.1) is 0 Å². The third-order valence-corrected chi connectivity index (χ3v) is 4.48. The summed E-state index contributed by atoms with van der Waals surface area (Å²) in [6, 6.07) is 4.05. The van der Waals surface area contributed by atoms with Crippen molar-refractivity contribution in [2.45, 2.75) is 25.4 Å². The number of aromatic nitrogens is 1. The number of nitrogens with zero attached hydrogens (tertiary/aromatic N) is 3. The van der Waals surface area contributed by atoms with Gasteiger partial charge in [0.25, 0.3) is 0 Å². The Kier molecular flexibility index (Phi) is 11.4. The van der Waals surface area contributed by atoms with Crippen LogP contribution in [0.25, 0.3) is 0 Å². The summed E-state index contributed by atoms with van der Waals surface area (Å²) >= 11 is 0. The van der Waals surface area contributed by atoms with Crippen LogP contribution in [0.1, 0.15) is 18.4 Å². The highest BCUT2D eigenvalue weighted by Crippen LogP contribution is 2.15. The van der Waals surface area contributed by atoms with E-state index in [1.165, 1.54) is 0 Å². The minimum absolute atomic E-state index is 0. The first-order valence-corrected chi connectivity index (χ1v) is 8.12. The number of pyridine rings is 1. The van der Waals surface area contributed by atoms with Gasteiger partial charge in [0.05, 0.1) is 6.04 Å². The van der Waals surface area contributed by atoms with Crippen molar-refractivity contribution in [3.05, 3.63) is 23.9 Å². The first-order valence-electron chi connectivity index (χ1n) is 8.12. The molecule has 144 valence electrons. The third kappa shape index (κ3) is 6.79. The Morgan fingerprint density at radius 2 is 2.00 bits per heavy atom. The summed E-state index contributed by atoms with van der Waals surface area (Å²) in [4.78, 5) is 21.1. The van der Waals surface area contributed by atoms with Crippen LogP contribution in [0.2, 0.25) is 0 Å². The van der Waals surface area contributed by atoms with E-state index < -0.39 is 0 Å². The van der Waals surface area contributed by atoms with E-state index in [-0.39, 0.29) is 49.2 Å². The lowest BCUT2D eigenvalue weighted by atomic mass is 10.2. The van der Waals surface area contributed by atoms with E-state index >= 15 is 0 Å². The Balaban J connectivity index is 0.00000192. The molecule has 0 aliphatic carbocycles. The molecule has 3 heterocycles. The fourth-order valence-electron chi connectivity index (χ4n) is 3.00. The average Bonchev–Trinajstić information content (AvgIpc) is 3.08. The van der Waals surface area contributed by atoms with Gasteiger partial charge < -0.3 is 20.4 Å². The predicted octanol–water partition coefficient (Wildman–Crippen LogP) is 1.47. The van der Waals surface area contributed by atoms with Crippen molar-refractivity contribution in [2.75, 3.05) is 44.7 Å². The van der Waals surface area contributed by atoms with Gasteiger partial charge in [-0.2, -0.15) is 0 Å². The van der Waals surface area contributed by atoms with Crippen LogP contribution >= 0.6 is 37.2 Å². The Labute approximate surface area is 168 Å². The van der Waals surface area contributed by atoms with E-state index in [0.29, 0.717) is 6.54 Å². The molecular weight excluding hydrogens is 385 g/mol. The van der Waals surface area contributed by atoms with Crippen LogP contribution in [0.5, 0.6) is 0 Å². The number of carbonyl (C=O) groups excluding carboxylic acids is 1. The van der Waals surface area contributed by atoms with Gasteiger partial charge in [-0.1, -0.05) is 0 Å².